The van der Waals surface area contributed by atoms with E-state index >= 15 is 0 Å². The van der Waals surface area contributed by atoms with E-state index < -0.39 is 6.10 Å². The van der Waals surface area contributed by atoms with E-state index in [0.29, 0.717) is 6.42 Å². The van der Waals surface area contributed by atoms with Crippen molar-refractivity contribution >= 4 is 11.3 Å². The lowest BCUT2D eigenvalue weighted by atomic mass is 9.85. The summed E-state index contributed by atoms with van der Waals surface area (Å²) in [7, 11) is 1.65. The zero-order valence-corrected chi connectivity index (χ0v) is 11.5. The maximum absolute atomic E-state index is 10.1. The van der Waals surface area contributed by atoms with Crippen LogP contribution in [0.4, 0.5) is 0 Å². The molecule has 0 fully saturated rings. The summed E-state index contributed by atoms with van der Waals surface area (Å²) in [6, 6.07) is 0. The second-order valence-corrected chi connectivity index (χ2v) is 6.12. The monoisotopic (exact) mass is 243 g/mol. The topological polar surface area (TPSA) is 42.4 Å². The van der Waals surface area contributed by atoms with Gasteiger partial charge in [-0.1, -0.05) is 20.8 Å². The fourth-order valence-electron chi connectivity index (χ4n) is 1.87. The van der Waals surface area contributed by atoms with Crippen LogP contribution in [0.3, 0.4) is 0 Å². The summed E-state index contributed by atoms with van der Waals surface area (Å²) in [6.07, 6.45) is -0.110. The van der Waals surface area contributed by atoms with Crippen molar-refractivity contribution in [3.05, 3.63) is 16.1 Å². The Bertz CT molecular complexity index is 330. The Labute approximate surface area is 101 Å². The average molecular weight is 243 g/mol. The van der Waals surface area contributed by atoms with E-state index in [9.17, 15) is 5.11 Å². The fraction of sp³-hybridized carbons (Fsp3) is 0.750. The molecular weight excluding hydrogens is 222 g/mol. The lowest BCUT2D eigenvalue weighted by Crippen LogP contribution is -2.40. The molecule has 1 rings (SSSR count). The highest BCUT2D eigenvalue weighted by Gasteiger charge is 2.31. The quantitative estimate of drug-likeness (QED) is 0.883. The molecule has 0 spiro atoms. The van der Waals surface area contributed by atoms with Crippen LogP contribution in [0.15, 0.2) is 5.38 Å². The third-order valence-corrected chi connectivity index (χ3v) is 3.50. The molecule has 16 heavy (non-hydrogen) atoms. The van der Waals surface area contributed by atoms with Gasteiger partial charge in [-0.25, -0.2) is 4.98 Å². The molecule has 1 aromatic heterocycles. The first kappa shape index (κ1) is 13.6. The Kier molecular flexibility index (Phi) is 4.47. The molecule has 0 aliphatic heterocycles. The first-order valence-electron chi connectivity index (χ1n) is 5.46. The van der Waals surface area contributed by atoms with Gasteiger partial charge in [0.1, 0.15) is 0 Å². The van der Waals surface area contributed by atoms with E-state index in [2.05, 4.69) is 25.8 Å². The molecule has 0 aliphatic carbocycles. The molecule has 0 bridgehead atoms. The molecule has 4 heteroatoms. The first-order chi connectivity index (χ1) is 7.34. The number of aliphatic hydroxyl groups excluding tert-OH is 1. The van der Waals surface area contributed by atoms with Gasteiger partial charge in [-0.15, -0.1) is 11.3 Å². The highest BCUT2D eigenvalue weighted by molar-refractivity contribution is 7.09. The number of ether oxygens (including phenoxy) is 1. The summed E-state index contributed by atoms with van der Waals surface area (Å²) >= 11 is 1.59. The summed E-state index contributed by atoms with van der Waals surface area (Å²) in [5.41, 5.74) is 0.942. The van der Waals surface area contributed by atoms with Crippen molar-refractivity contribution in [3.8, 4) is 0 Å². The van der Waals surface area contributed by atoms with E-state index in [1.807, 2.05) is 12.3 Å². The zero-order valence-electron chi connectivity index (χ0n) is 10.7. The average Bonchev–Trinajstić information content (AvgIpc) is 2.49. The van der Waals surface area contributed by atoms with Gasteiger partial charge in [-0.05, 0) is 12.3 Å². The number of rotatable bonds is 4. The van der Waals surface area contributed by atoms with Crippen LogP contribution in [0.5, 0.6) is 0 Å². The van der Waals surface area contributed by atoms with Crippen molar-refractivity contribution in [3.63, 3.8) is 0 Å². The molecular formula is C12H21NO2S. The molecule has 0 saturated carbocycles. The van der Waals surface area contributed by atoms with Crippen molar-refractivity contribution in [2.45, 2.75) is 46.3 Å². The molecule has 0 radical (unpaired) electrons. The van der Waals surface area contributed by atoms with Crippen molar-refractivity contribution in [1.82, 2.24) is 4.98 Å². The molecule has 1 heterocycles. The number of aryl methyl sites for hydroxylation is 1. The molecule has 0 saturated heterocycles. The Morgan fingerprint density at radius 3 is 2.50 bits per heavy atom. The summed E-state index contributed by atoms with van der Waals surface area (Å²) < 4.78 is 5.38. The number of nitrogens with zero attached hydrogens (tertiary/aromatic N) is 1. The van der Waals surface area contributed by atoms with Gasteiger partial charge in [0, 0.05) is 24.6 Å². The molecule has 92 valence electrons. The van der Waals surface area contributed by atoms with E-state index in [1.54, 1.807) is 18.4 Å². The second kappa shape index (κ2) is 5.25. The minimum absolute atomic E-state index is 0.0690. The fourth-order valence-corrected chi connectivity index (χ4v) is 2.69. The van der Waals surface area contributed by atoms with Crippen molar-refractivity contribution in [2.24, 2.45) is 5.41 Å². The van der Waals surface area contributed by atoms with Gasteiger partial charge >= 0.3 is 0 Å². The molecule has 1 N–H and O–H groups in total. The van der Waals surface area contributed by atoms with Gasteiger partial charge in [0.05, 0.1) is 17.2 Å². The van der Waals surface area contributed by atoms with Crippen LogP contribution in [0, 0.1) is 12.3 Å². The van der Waals surface area contributed by atoms with Crippen LogP contribution in [0.1, 0.15) is 31.5 Å². The number of aromatic nitrogens is 1. The summed E-state index contributed by atoms with van der Waals surface area (Å²) in [4.78, 5) is 4.35. The Hall–Kier alpha value is -0.450. The van der Waals surface area contributed by atoms with Gasteiger partial charge < -0.3 is 9.84 Å². The SMILES string of the molecule is COC(C(O)Cc1nc(C)cs1)C(C)(C)C. The largest absolute Gasteiger partial charge is 0.390 e. The van der Waals surface area contributed by atoms with Gasteiger partial charge in [-0.3, -0.25) is 0 Å². The van der Waals surface area contributed by atoms with E-state index in [-0.39, 0.29) is 11.5 Å². The number of thiazole rings is 1. The van der Waals surface area contributed by atoms with Gasteiger partial charge in [-0.2, -0.15) is 0 Å². The number of methoxy groups -OCH3 is 1. The van der Waals surface area contributed by atoms with Crippen molar-refractivity contribution < 1.29 is 9.84 Å². The summed E-state index contributed by atoms with van der Waals surface area (Å²) in [6.45, 7) is 8.16. The smallest absolute Gasteiger partial charge is 0.0954 e. The Morgan fingerprint density at radius 2 is 2.12 bits per heavy atom. The molecule has 2 unspecified atom stereocenters. The van der Waals surface area contributed by atoms with Crippen LogP contribution in [-0.4, -0.2) is 29.4 Å². The molecule has 2 atom stereocenters. The maximum atomic E-state index is 10.1. The third-order valence-electron chi connectivity index (χ3n) is 2.51. The van der Waals surface area contributed by atoms with Crippen molar-refractivity contribution in [1.29, 1.82) is 0 Å². The van der Waals surface area contributed by atoms with Crippen LogP contribution in [0.25, 0.3) is 0 Å². The number of hydrogen-bond donors (Lipinski definition) is 1. The predicted octanol–water partition coefficient (Wildman–Crippen LogP) is 2.42. The summed E-state index contributed by atoms with van der Waals surface area (Å²) in [5.74, 6) is 0. The van der Waals surface area contributed by atoms with Crippen molar-refractivity contribution in [2.75, 3.05) is 7.11 Å². The van der Waals surface area contributed by atoms with Crippen LogP contribution in [0.2, 0.25) is 0 Å². The van der Waals surface area contributed by atoms with E-state index in [0.717, 1.165) is 10.7 Å². The highest BCUT2D eigenvalue weighted by atomic mass is 32.1. The predicted molar refractivity (Wildman–Crippen MR) is 66.8 cm³/mol. The lowest BCUT2D eigenvalue weighted by Gasteiger charge is -2.32. The number of aliphatic hydroxyl groups is 1. The lowest BCUT2D eigenvalue weighted by molar-refractivity contribution is -0.0699. The minimum Gasteiger partial charge on any atom is -0.390 e. The van der Waals surface area contributed by atoms with E-state index in [4.69, 9.17) is 4.74 Å². The van der Waals surface area contributed by atoms with Gasteiger partial charge in [0.25, 0.3) is 0 Å². The van der Waals surface area contributed by atoms with Crippen LogP contribution < -0.4 is 0 Å². The van der Waals surface area contributed by atoms with Crippen LogP contribution >= 0.6 is 11.3 Å². The number of hydrogen-bond acceptors (Lipinski definition) is 4. The minimum atomic E-state index is -0.504. The maximum Gasteiger partial charge on any atom is 0.0954 e. The molecule has 0 aliphatic rings. The van der Waals surface area contributed by atoms with Crippen LogP contribution in [-0.2, 0) is 11.2 Å². The molecule has 3 nitrogen and oxygen atoms in total. The third kappa shape index (κ3) is 3.54. The highest BCUT2D eigenvalue weighted by Crippen LogP contribution is 2.26. The zero-order chi connectivity index (χ0) is 12.3. The Balaban J connectivity index is 2.66. The van der Waals surface area contributed by atoms with E-state index in [1.165, 1.54) is 0 Å². The summed E-state index contributed by atoms with van der Waals surface area (Å²) in [5, 5.41) is 13.1. The molecule has 1 aromatic rings. The first-order valence-corrected chi connectivity index (χ1v) is 6.34. The Morgan fingerprint density at radius 1 is 1.50 bits per heavy atom. The molecule has 0 aromatic carbocycles. The second-order valence-electron chi connectivity index (χ2n) is 5.18. The molecule has 0 amide bonds. The van der Waals surface area contributed by atoms with Gasteiger partial charge in [0.2, 0.25) is 0 Å². The standard InChI is InChI=1S/C12H21NO2S/c1-8-7-16-10(13-8)6-9(14)11(15-5)12(2,3)4/h7,9,11,14H,6H2,1-5H3. The van der Waals surface area contributed by atoms with Gasteiger partial charge in [0.15, 0.2) is 0 Å². The normalized spacial score (nSPS) is 16.1.